The lowest BCUT2D eigenvalue weighted by molar-refractivity contribution is 0.299. The molecule has 3 heteroatoms. The van der Waals surface area contributed by atoms with E-state index < -0.39 is 0 Å². The second-order valence-electron chi connectivity index (χ2n) is 7.18. The normalized spacial score (nSPS) is 23.9. The molecule has 0 spiro atoms. The maximum absolute atomic E-state index is 4.90. The topological polar surface area (TPSA) is 24.7 Å². The molecule has 0 radical (unpaired) electrons. The molecule has 1 saturated carbocycles. The van der Waals surface area contributed by atoms with Gasteiger partial charge in [-0.05, 0) is 55.9 Å². The highest BCUT2D eigenvalue weighted by Gasteiger charge is 2.26. The van der Waals surface area contributed by atoms with Crippen LogP contribution in [0, 0.1) is 11.8 Å². The van der Waals surface area contributed by atoms with Crippen LogP contribution in [0.4, 0.5) is 0 Å². The molecule has 1 fully saturated rings. The van der Waals surface area contributed by atoms with E-state index in [0.29, 0.717) is 5.92 Å². The minimum absolute atomic E-state index is 0.680. The fourth-order valence-corrected chi connectivity index (χ4v) is 4.35. The summed E-state index contributed by atoms with van der Waals surface area (Å²) in [5, 5.41) is 0. The van der Waals surface area contributed by atoms with Crippen molar-refractivity contribution in [3.63, 3.8) is 0 Å². The van der Waals surface area contributed by atoms with Crippen LogP contribution < -0.4 is 0 Å². The first-order valence-corrected chi connectivity index (χ1v) is 10.8. The zero-order chi connectivity index (χ0) is 16.8. The predicted molar refractivity (Wildman–Crippen MR) is 107 cm³/mol. The predicted octanol–water partition coefficient (Wildman–Crippen LogP) is 6.00. The Morgan fingerprint density at radius 3 is 2.46 bits per heavy atom. The quantitative estimate of drug-likeness (QED) is 0.441. The van der Waals surface area contributed by atoms with E-state index in [1.807, 2.05) is 0 Å². The third-order valence-electron chi connectivity index (χ3n) is 5.52. The van der Waals surface area contributed by atoms with E-state index in [9.17, 15) is 0 Å². The number of nitrogens with zero attached hydrogens (tertiary/aromatic N) is 2. The van der Waals surface area contributed by atoms with E-state index in [-0.39, 0.29) is 0 Å². The van der Waals surface area contributed by atoms with Gasteiger partial charge in [0.05, 0.1) is 6.54 Å². The van der Waals surface area contributed by atoms with Crippen molar-refractivity contribution in [3.8, 4) is 0 Å². The van der Waals surface area contributed by atoms with Gasteiger partial charge in [0.1, 0.15) is 0 Å². The molecule has 1 aromatic carbocycles. The molecule has 0 aromatic heterocycles. The molecule has 0 bridgehead atoms. The lowest BCUT2D eigenvalue weighted by atomic mass is 9.78. The molecule has 0 saturated heterocycles. The van der Waals surface area contributed by atoms with Gasteiger partial charge in [-0.1, -0.05) is 44.7 Å². The van der Waals surface area contributed by atoms with Crippen LogP contribution in [0.5, 0.6) is 0 Å². The smallest absolute Gasteiger partial charge is 0.154 e. The Balaban J connectivity index is 1.52. The summed E-state index contributed by atoms with van der Waals surface area (Å²) in [6.45, 7) is 3.12. The fraction of sp³-hybridized carbons (Fsp3) is 0.619. The number of rotatable bonds is 7. The minimum Gasteiger partial charge on any atom is -0.260 e. The molecule has 2 nitrogen and oxygen atoms in total. The Bertz CT molecular complexity index is 580. The van der Waals surface area contributed by atoms with Crippen LogP contribution in [0.25, 0.3) is 0 Å². The first-order chi connectivity index (χ1) is 11.8. The standard InChI is InChI=1S/C21H30N2S/c1-3-4-5-6-16-7-9-17(10-8-16)20-15-22-21(23-20)18-11-13-19(24-2)14-12-18/h11-14,16-17H,3-10,15H2,1-2H3. The lowest BCUT2D eigenvalue weighted by Crippen LogP contribution is -2.22. The number of hydrogen-bond acceptors (Lipinski definition) is 3. The van der Waals surface area contributed by atoms with Crippen LogP contribution in [0.3, 0.4) is 0 Å². The van der Waals surface area contributed by atoms with Crippen molar-refractivity contribution in [2.45, 2.75) is 63.2 Å². The van der Waals surface area contributed by atoms with Gasteiger partial charge in [-0.3, -0.25) is 4.99 Å². The van der Waals surface area contributed by atoms with Crippen molar-refractivity contribution in [1.29, 1.82) is 0 Å². The van der Waals surface area contributed by atoms with Gasteiger partial charge in [0, 0.05) is 16.2 Å². The Hall–Kier alpha value is -1.09. The van der Waals surface area contributed by atoms with Crippen molar-refractivity contribution in [3.05, 3.63) is 29.8 Å². The van der Waals surface area contributed by atoms with Gasteiger partial charge in [0.2, 0.25) is 0 Å². The maximum atomic E-state index is 4.90. The van der Waals surface area contributed by atoms with E-state index in [4.69, 9.17) is 9.98 Å². The highest BCUT2D eigenvalue weighted by Crippen LogP contribution is 2.33. The van der Waals surface area contributed by atoms with E-state index in [0.717, 1.165) is 23.9 Å². The Morgan fingerprint density at radius 2 is 1.79 bits per heavy atom. The number of unbranched alkanes of at least 4 members (excludes halogenated alkanes) is 2. The van der Waals surface area contributed by atoms with Crippen molar-refractivity contribution < 1.29 is 0 Å². The molecule has 0 unspecified atom stereocenters. The molecular weight excluding hydrogens is 312 g/mol. The number of hydrogen-bond donors (Lipinski definition) is 0. The zero-order valence-corrected chi connectivity index (χ0v) is 15.9. The van der Waals surface area contributed by atoms with Gasteiger partial charge in [-0.25, -0.2) is 4.99 Å². The molecule has 1 heterocycles. The number of thioether (sulfide) groups is 1. The SMILES string of the molecule is CCCCCC1CCC(C2=NC(c3ccc(SC)cc3)=NC2)CC1. The fourth-order valence-electron chi connectivity index (χ4n) is 3.95. The Kier molecular flexibility index (Phi) is 6.53. The Morgan fingerprint density at radius 1 is 1.04 bits per heavy atom. The third kappa shape index (κ3) is 4.50. The minimum atomic E-state index is 0.680. The number of aliphatic imine (C=N–C) groups is 2. The molecule has 0 N–H and O–H groups in total. The van der Waals surface area contributed by atoms with Gasteiger partial charge in [0.15, 0.2) is 5.84 Å². The van der Waals surface area contributed by atoms with Crippen LogP contribution in [-0.2, 0) is 0 Å². The van der Waals surface area contributed by atoms with Crippen molar-refractivity contribution >= 4 is 23.3 Å². The molecule has 1 aliphatic heterocycles. The summed E-state index contributed by atoms with van der Waals surface area (Å²) in [4.78, 5) is 10.9. The number of amidine groups is 1. The molecule has 1 aromatic rings. The van der Waals surface area contributed by atoms with Crippen LogP contribution in [0.1, 0.15) is 63.9 Å². The molecule has 0 amide bonds. The van der Waals surface area contributed by atoms with Crippen LogP contribution in [0.2, 0.25) is 0 Å². The van der Waals surface area contributed by atoms with E-state index in [1.54, 1.807) is 11.8 Å². The maximum Gasteiger partial charge on any atom is 0.154 e. The van der Waals surface area contributed by atoms with Crippen LogP contribution in [-0.4, -0.2) is 24.3 Å². The Labute approximate surface area is 151 Å². The van der Waals surface area contributed by atoms with E-state index in [2.05, 4.69) is 37.4 Å². The summed E-state index contributed by atoms with van der Waals surface area (Å²) < 4.78 is 0. The van der Waals surface area contributed by atoms with Crippen molar-refractivity contribution in [1.82, 2.24) is 0 Å². The average molecular weight is 343 g/mol. The zero-order valence-electron chi connectivity index (χ0n) is 15.1. The average Bonchev–Trinajstić information content (AvgIpc) is 3.13. The second kappa shape index (κ2) is 8.84. The lowest BCUT2D eigenvalue weighted by Gasteiger charge is -2.28. The summed E-state index contributed by atoms with van der Waals surface area (Å²) in [6, 6.07) is 8.64. The van der Waals surface area contributed by atoms with Gasteiger partial charge >= 0.3 is 0 Å². The molecule has 0 atom stereocenters. The van der Waals surface area contributed by atoms with Gasteiger partial charge in [-0.15, -0.1) is 11.8 Å². The number of benzene rings is 1. The molecule has 3 rings (SSSR count). The van der Waals surface area contributed by atoms with E-state index in [1.165, 1.54) is 62.0 Å². The highest BCUT2D eigenvalue weighted by molar-refractivity contribution is 7.98. The van der Waals surface area contributed by atoms with Crippen LogP contribution in [0.15, 0.2) is 39.1 Å². The monoisotopic (exact) mass is 342 g/mol. The summed E-state index contributed by atoms with van der Waals surface area (Å²) in [6.07, 6.45) is 13.1. The first-order valence-electron chi connectivity index (χ1n) is 9.56. The van der Waals surface area contributed by atoms with Gasteiger partial charge in [0.25, 0.3) is 0 Å². The summed E-state index contributed by atoms with van der Waals surface area (Å²) in [7, 11) is 0. The van der Waals surface area contributed by atoms with Crippen molar-refractivity contribution in [2.75, 3.05) is 12.8 Å². The molecule has 130 valence electrons. The van der Waals surface area contributed by atoms with Crippen LogP contribution >= 0.6 is 11.8 Å². The second-order valence-corrected chi connectivity index (χ2v) is 8.06. The van der Waals surface area contributed by atoms with E-state index >= 15 is 0 Å². The third-order valence-corrected chi connectivity index (χ3v) is 6.27. The molecular formula is C21H30N2S. The first kappa shape index (κ1) is 17.7. The summed E-state index contributed by atoms with van der Waals surface area (Å²) in [5.74, 6) is 2.59. The summed E-state index contributed by atoms with van der Waals surface area (Å²) >= 11 is 1.77. The van der Waals surface area contributed by atoms with Gasteiger partial charge < -0.3 is 0 Å². The van der Waals surface area contributed by atoms with Gasteiger partial charge in [-0.2, -0.15) is 0 Å². The van der Waals surface area contributed by atoms with Crippen molar-refractivity contribution in [2.24, 2.45) is 21.8 Å². The molecule has 24 heavy (non-hydrogen) atoms. The molecule has 1 aliphatic carbocycles. The highest BCUT2D eigenvalue weighted by atomic mass is 32.2. The molecule has 2 aliphatic rings. The largest absolute Gasteiger partial charge is 0.260 e. The summed E-state index contributed by atoms with van der Waals surface area (Å²) in [5.41, 5.74) is 2.50.